The van der Waals surface area contributed by atoms with Crippen molar-refractivity contribution in [2.24, 2.45) is 5.92 Å². The highest BCUT2D eigenvalue weighted by Crippen LogP contribution is 2.14. The predicted molar refractivity (Wildman–Crippen MR) is 51.4 cm³/mol. The smallest absolute Gasteiger partial charge is 0.0729 e. The number of rotatable bonds is 3. The first-order valence-corrected chi connectivity index (χ1v) is 4.85. The number of hydrogen-bond acceptors (Lipinski definition) is 2. The molecule has 0 aromatic rings. The molecule has 0 amide bonds. The minimum absolute atomic E-state index is 0.353. The number of piperidine rings is 1. The lowest BCUT2D eigenvalue weighted by Gasteiger charge is -2.29. The average molecular weight is 190 g/mol. The van der Waals surface area contributed by atoms with Crippen LogP contribution in [-0.4, -0.2) is 25.8 Å². The topological polar surface area (TPSA) is 21.3 Å². The molecule has 2 unspecified atom stereocenters. The van der Waals surface area contributed by atoms with Crippen LogP contribution in [0.4, 0.5) is 0 Å². The molecule has 0 saturated carbocycles. The Kier molecular flexibility index (Phi) is 4.66. The molecule has 0 aromatic carbocycles. The zero-order valence-electron chi connectivity index (χ0n) is 7.42. The van der Waals surface area contributed by atoms with E-state index in [9.17, 15) is 0 Å². The molecule has 3 heteroatoms. The Bertz CT molecular complexity index is 149. The van der Waals surface area contributed by atoms with Gasteiger partial charge >= 0.3 is 0 Å². The van der Waals surface area contributed by atoms with E-state index in [0.29, 0.717) is 18.6 Å². The van der Waals surface area contributed by atoms with Crippen molar-refractivity contribution < 1.29 is 4.74 Å². The molecule has 12 heavy (non-hydrogen) atoms. The Morgan fingerprint density at radius 1 is 1.67 bits per heavy atom. The minimum atomic E-state index is 0.353. The van der Waals surface area contributed by atoms with Gasteiger partial charge in [0.05, 0.1) is 12.7 Å². The zero-order valence-corrected chi connectivity index (χ0v) is 8.18. The van der Waals surface area contributed by atoms with Crippen molar-refractivity contribution in [1.82, 2.24) is 5.32 Å². The fourth-order valence-electron chi connectivity index (χ4n) is 1.40. The zero-order chi connectivity index (χ0) is 8.81. The van der Waals surface area contributed by atoms with E-state index in [0.717, 1.165) is 13.1 Å². The number of hydrogen-bond donors (Lipinski definition) is 1. The molecule has 1 N–H and O–H groups in total. The summed E-state index contributed by atoms with van der Waals surface area (Å²) in [6.07, 6.45) is 3.38. The van der Waals surface area contributed by atoms with Crippen molar-refractivity contribution in [3.8, 4) is 0 Å². The summed E-state index contributed by atoms with van der Waals surface area (Å²) in [5.41, 5.74) is 1.50. The first kappa shape index (κ1) is 10.0. The molecule has 2 atom stereocenters. The molecule has 0 aliphatic carbocycles. The third-order valence-electron chi connectivity index (χ3n) is 2.25. The predicted octanol–water partition coefficient (Wildman–Crippen LogP) is 1.75. The van der Waals surface area contributed by atoms with E-state index in [1.807, 2.05) is 6.08 Å². The van der Waals surface area contributed by atoms with Gasteiger partial charge in [0.1, 0.15) is 0 Å². The van der Waals surface area contributed by atoms with Gasteiger partial charge in [-0.3, -0.25) is 0 Å². The van der Waals surface area contributed by atoms with Crippen LogP contribution < -0.4 is 5.32 Å². The van der Waals surface area contributed by atoms with Gasteiger partial charge in [-0.2, -0.15) is 0 Å². The molecular formula is C9H16ClNO. The van der Waals surface area contributed by atoms with E-state index in [-0.39, 0.29) is 0 Å². The maximum absolute atomic E-state index is 5.60. The van der Waals surface area contributed by atoms with Crippen LogP contribution in [0.2, 0.25) is 0 Å². The Morgan fingerprint density at radius 3 is 3.17 bits per heavy atom. The molecule has 1 aliphatic rings. The molecule has 2 nitrogen and oxygen atoms in total. The standard InChI is InChI=1S/C9H16ClNO/c1-8-3-5-11-7-9(8)12-6-2-4-10/h2,4,8-9,11H,3,5-7H2,1H3/b4-2+. The minimum Gasteiger partial charge on any atom is -0.373 e. The quantitative estimate of drug-likeness (QED) is 0.731. The lowest BCUT2D eigenvalue weighted by atomic mass is 9.97. The van der Waals surface area contributed by atoms with Crippen molar-refractivity contribution in [2.75, 3.05) is 19.7 Å². The Hall–Kier alpha value is -0.0500. The summed E-state index contributed by atoms with van der Waals surface area (Å²) in [4.78, 5) is 0. The Labute approximate surface area is 78.9 Å². The first-order valence-electron chi connectivity index (χ1n) is 4.42. The van der Waals surface area contributed by atoms with Crippen molar-refractivity contribution in [3.05, 3.63) is 11.6 Å². The fourth-order valence-corrected chi connectivity index (χ4v) is 1.47. The molecular weight excluding hydrogens is 174 g/mol. The van der Waals surface area contributed by atoms with Gasteiger partial charge in [0.2, 0.25) is 0 Å². The van der Waals surface area contributed by atoms with Gasteiger partial charge in [-0.1, -0.05) is 18.5 Å². The molecule has 0 bridgehead atoms. The van der Waals surface area contributed by atoms with Crippen LogP contribution >= 0.6 is 11.6 Å². The number of ether oxygens (including phenoxy) is 1. The lowest BCUT2D eigenvalue weighted by Crippen LogP contribution is -2.41. The van der Waals surface area contributed by atoms with E-state index in [2.05, 4.69) is 12.2 Å². The maximum Gasteiger partial charge on any atom is 0.0729 e. The molecule has 1 rings (SSSR count). The second-order valence-corrected chi connectivity index (χ2v) is 3.46. The van der Waals surface area contributed by atoms with Gasteiger partial charge in [-0.25, -0.2) is 0 Å². The van der Waals surface area contributed by atoms with Crippen LogP contribution in [0.15, 0.2) is 11.6 Å². The van der Waals surface area contributed by atoms with Gasteiger partial charge in [-0.05, 0) is 25.0 Å². The van der Waals surface area contributed by atoms with Gasteiger partial charge < -0.3 is 10.1 Å². The number of nitrogens with one attached hydrogen (secondary N) is 1. The SMILES string of the molecule is CC1CCNCC1OC/C=C/Cl. The van der Waals surface area contributed by atoms with Crippen molar-refractivity contribution in [3.63, 3.8) is 0 Å². The van der Waals surface area contributed by atoms with Crippen LogP contribution in [0.5, 0.6) is 0 Å². The summed E-state index contributed by atoms with van der Waals surface area (Å²) in [5, 5.41) is 3.31. The number of halogens is 1. The lowest BCUT2D eigenvalue weighted by molar-refractivity contribution is 0.0200. The summed E-state index contributed by atoms with van der Waals surface area (Å²) in [7, 11) is 0. The van der Waals surface area contributed by atoms with E-state index in [1.54, 1.807) is 0 Å². The highest BCUT2D eigenvalue weighted by molar-refractivity contribution is 6.25. The summed E-state index contributed by atoms with van der Waals surface area (Å²) >= 11 is 5.38. The summed E-state index contributed by atoms with van der Waals surface area (Å²) in [6, 6.07) is 0. The Morgan fingerprint density at radius 2 is 2.50 bits per heavy atom. The van der Waals surface area contributed by atoms with Crippen LogP contribution in [0.3, 0.4) is 0 Å². The molecule has 1 fully saturated rings. The van der Waals surface area contributed by atoms with Crippen LogP contribution in [0.25, 0.3) is 0 Å². The highest BCUT2D eigenvalue weighted by Gasteiger charge is 2.20. The molecule has 1 saturated heterocycles. The molecule has 0 radical (unpaired) electrons. The average Bonchev–Trinajstić information content (AvgIpc) is 2.09. The van der Waals surface area contributed by atoms with Crippen molar-refractivity contribution in [2.45, 2.75) is 19.4 Å². The van der Waals surface area contributed by atoms with Gasteiger partial charge in [0.15, 0.2) is 0 Å². The van der Waals surface area contributed by atoms with Crippen LogP contribution in [0, 0.1) is 5.92 Å². The fraction of sp³-hybridized carbons (Fsp3) is 0.778. The second kappa shape index (κ2) is 5.57. The molecule has 0 aromatic heterocycles. The Balaban J connectivity index is 2.20. The van der Waals surface area contributed by atoms with E-state index >= 15 is 0 Å². The van der Waals surface area contributed by atoms with E-state index in [1.165, 1.54) is 12.0 Å². The maximum atomic E-state index is 5.60. The summed E-state index contributed by atoms with van der Waals surface area (Å²) in [5.74, 6) is 0.662. The van der Waals surface area contributed by atoms with Crippen LogP contribution in [0.1, 0.15) is 13.3 Å². The monoisotopic (exact) mass is 189 g/mol. The summed E-state index contributed by atoms with van der Waals surface area (Å²) < 4.78 is 5.60. The highest BCUT2D eigenvalue weighted by atomic mass is 35.5. The third-order valence-corrected chi connectivity index (χ3v) is 2.43. The first-order chi connectivity index (χ1) is 5.84. The molecule has 0 spiro atoms. The largest absolute Gasteiger partial charge is 0.373 e. The van der Waals surface area contributed by atoms with Gasteiger partial charge in [-0.15, -0.1) is 0 Å². The van der Waals surface area contributed by atoms with Crippen molar-refractivity contribution >= 4 is 11.6 Å². The van der Waals surface area contributed by atoms with Crippen LogP contribution in [-0.2, 0) is 4.74 Å². The third kappa shape index (κ3) is 3.13. The molecule has 70 valence electrons. The van der Waals surface area contributed by atoms with Gasteiger partial charge in [0, 0.05) is 12.1 Å². The van der Waals surface area contributed by atoms with E-state index in [4.69, 9.17) is 16.3 Å². The van der Waals surface area contributed by atoms with Gasteiger partial charge in [0.25, 0.3) is 0 Å². The second-order valence-electron chi connectivity index (χ2n) is 3.20. The molecule has 1 aliphatic heterocycles. The van der Waals surface area contributed by atoms with Crippen molar-refractivity contribution in [1.29, 1.82) is 0 Å². The van der Waals surface area contributed by atoms with E-state index < -0.39 is 0 Å². The summed E-state index contributed by atoms with van der Waals surface area (Å²) in [6.45, 7) is 4.94. The normalized spacial score (nSPS) is 31.2. The molecule has 1 heterocycles.